The van der Waals surface area contributed by atoms with Crippen LogP contribution >= 0.6 is 11.3 Å². The normalized spacial score (nSPS) is 10.6. The largest absolute Gasteiger partial charge is 0.497 e. The van der Waals surface area contributed by atoms with Gasteiger partial charge in [-0.05, 0) is 55.3 Å². The van der Waals surface area contributed by atoms with E-state index in [0.29, 0.717) is 10.9 Å². The molecule has 1 heterocycles. The molecule has 8 heteroatoms. The second kappa shape index (κ2) is 7.59. The number of aryl methyl sites for hydroxylation is 2. The Bertz CT molecular complexity index is 938. The van der Waals surface area contributed by atoms with Crippen LogP contribution in [-0.2, 0) is 4.79 Å². The van der Waals surface area contributed by atoms with Gasteiger partial charge in [0.05, 0.1) is 17.3 Å². The van der Waals surface area contributed by atoms with Crippen LogP contribution < -0.4 is 26.1 Å². The van der Waals surface area contributed by atoms with Crippen molar-refractivity contribution >= 4 is 38.3 Å². The first-order valence-electron chi connectivity index (χ1n) is 7.96. The third-order valence-corrected chi connectivity index (χ3v) is 5.06. The van der Waals surface area contributed by atoms with Crippen molar-refractivity contribution in [2.45, 2.75) is 13.8 Å². The number of amides is 1. The second-order valence-corrected chi connectivity index (χ2v) is 6.72. The van der Waals surface area contributed by atoms with E-state index < -0.39 is 0 Å². The van der Waals surface area contributed by atoms with Crippen molar-refractivity contribution in [1.82, 2.24) is 4.98 Å². The molecule has 0 atom stereocenters. The number of anilines is 2. The predicted octanol–water partition coefficient (Wildman–Crippen LogP) is 3.22. The van der Waals surface area contributed by atoms with Crippen LogP contribution in [0.25, 0.3) is 10.2 Å². The highest BCUT2D eigenvalue weighted by Gasteiger charge is 2.14. The van der Waals surface area contributed by atoms with Gasteiger partial charge in [0.15, 0.2) is 11.7 Å². The van der Waals surface area contributed by atoms with E-state index in [1.807, 2.05) is 19.9 Å². The first-order chi connectivity index (χ1) is 12.5. The van der Waals surface area contributed by atoms with Gasteiger partial charge in [-0.3, -0.25) is 10.2 Å². The number of nitrogens with one attached hydrogen (secondary N) is 2. The molecule has 0 saturated carbocycles. The summed E-state index contributed by atoms with van der Waals surface area (Å²) in [6.45, 7) is 3.80. The summed E-state index contributed by atoms with van der Waals surface area (Å²) in [5, 5.41) is 3.56. The number of hydrogen-bond donors (Lipinski definition) is 3. The van der Waals surface area contributed by atoms with E-state index in [1.54, 1.807) is 31.4 Å². The third kappa shape index (κ3) is 3.71. The number of thiazole rings is 1. The zero-order valence-corrected chi connectivity index (χ0v) is 15.6. The van der Waals surface area contributed by atoms with Gasteiger partial charge in [0.1, 0.15) is 11.5 Å². The smallest absolute Gasteiger partial charge is 0.262 e. The Morgan fingerprint density at radius 3 is 2.58 bits per heavy atom. The predicted molar refractivity (Wildman–Crippen MR) is 104 cm³/mol. The van der Waals surface area contributed by atoms with Gasteiger partial charge >= 0.3 is 0 Å². The zero-order valence-electron chi connectivity index (χ0n) is 14.8. The number of nitrogens with zero attached hydrogens (tertiary/aromatic N) is 1. The molecule has 0 aliphatic carbocycles. The Hall–Kier alpha value is -2.84. The summed E-state index contributed by atoms with van der Waals surface area (Å²) in [6.07, 6.45) is 0. The average Bonchev–Trinajstić information content (AvgIpc) is 3.07. The van der Waals surface area contributed by atoms with Crippen molar-refractivity contribution in [2.24, 2.45) is 5.84 Å². The van der Waals surface area contributed by atoms with Crippen LogP contribution in [0.3, 0.4) is 0 Å². The Kier molecular flexibility index (Phi) is 5.24. The van der Waals surface area contributed by atoms with E-state index in [9.17, 15) is 4.79 Å². The van der Waals surface area contributed by atoms with E-state index in [1.165, 1.54) is 11.3 Å². The summed E-state index contributed by atoms with van der Waals surface area (Å²) >= 11 is 1.45. The Labute approximate surface area is 155 Å². The van der Waals surface area contributed by atoms with Crippen molar-refractivity contribution in [3.8, 4) is 11.5 Å². The number of ether oxygens (including phenoxy) is 2. The second-order valence-electron chi connectivity index (χ2n) is 5.72. The monoisotopic (exact) mass is 372 g/mol. The summed E-state index contributed by atoms with van der Waals surface area (Å²) in [6, 6.07) is 9.00. The van der Waals surface area contributed by atoms with Gasteiger partial charge in [-0.25, -0.2) is 10.8 Å². The molecule has 0 fully saturated rings. The molecule has 0 radical (unpaired) electrons. The number of methoxy groups -OCH3 is 1. The van der Waals surface area contributed by atoms with E-state index in [0.717, 1.165) is 32.8 Å². The summed E-state index contributed by atoms with van der Waals surface area (Å²) in [4.78, 5) is 16.7. The number of hydrazine groups is 1. The molecular formula is C18H20N4O3S. The maximum atomic E-state index is 12.3. The Balaban J connectivity index is 1.72. The molecule has 7 nitrogen and oxygen atoms in total. The number of carbonyl (C=O) groups excluding carboxylic acids is 1. The van der Waals surface area contributed by atoms with E-state index in [-0.39, 0.29) is 12.5 Å². The van der Waals surface area contributed by atoms with Gasteiger partial charge in [0, 0.05) is 5.69 Å². The molecule has 4 N–H and O–H groups in total. The lowest BCUT2D eigenvalue weighted by Gasteiger charge is -2.13. The topological polar surface area (TPSA) is 98.5 Å². The van der Waals surface area contributed by atoms with E-state index >= 15 is 0 Å². The molecule has 0 bridgehead atoms. The average molecular weight is 372 g/mol. The zero-order chi connectivity index (χ0) is 18.7. The molecule has 0 aliphatic heterocycles. The fourth-order valence-corrected chi connectivity index (χ4v) is 3.50. The van der Waals surface area contributed by atoms with Gasteiger partial charge in [0.2, 0.25) is 0 Å². The van der Waals surface area contributed by atoms with Crippen molar-refractivity contribution in [3.63, 3.8) is 0 Å². The van der Waals surface area contributed by atoms with Crippen molar-refractivity contribution in [2.75, 3.05) is 24.5 Å². The van der Waals surface area contributed by atoms with Crippen LogP contribution in [0.4, 0.5) is 10.8 Å². The standard InChI is InChI=1S/C18H20N4O3S/c1-10-8-14-17(26-18(20-14)22-19)11(2)16(10)21-15(23)9-25-13-6-4-12(24-3)5-7-13/h4-8H,9,19H2,1-3H3,(H,20,22)(H,21,23). The summed E-state index contributed by atoms with van der Waals surface area (Å²) in [5.41, 5.74) is 6.07. The number of rotatable bonds is 6. The molecule has 1 aromatic heterocycles. The Morgan fingerprint density at radius 2 is 1.92 bits per heavy atom. The van der Waals surface area contributed by atoms with Gasteiger partial charge in [-0.2, -0.15) is 0 Å². The molecular weight excluding hydrogens is 352 g/mol. The van der Waals surface area contributed by atoms with Crippen LogP contribution in [0.1, 0.15) is 11.1 Å². The minimum absolute atomic E-state index is 0.0818. The molecule has 0 unspecified atom stereocenters. The molecule has 2 aromatic carbocycles. The summed E-state index contributed by atoms with van der Waals surface area (Å²) in [7, 11) is 1.60. The maximum Gasteiger partial charge on any atom is 0.262 e. The lowest BCUT2D eigenvalue weighted by Crippen LogP contribution is -2.21. The number of fused-ring (bicyclic) bond motifs is 1. The lowest BCUT2D eigenvalue weighted by molar-refractivity contribution is -0.118. The first-order valence-corrected chi connectivity index (χ1v) is 8.77. The summed E-state index contributed by atoms with van der Waals surface area (Å²) in [5.74, 6) is 6.55. The highest BCUT2D eigenvalue weighted by atomic mass is 32.1. The van der Waals surface area contributed by atoms with Crippen LogP contribution in [0.15, 0.2) is 30.3 Å². The molecule has 1 amide bonds. The highest BCUT2D eigenvalue weighted by Crippen LogP contribution is 2.34. The minimum Gasteiger partial charge on any atom is -0.497 e. The fraction of sp³-hybridized carbons (Fsp3) is 0.222. The molecule has 0 aliphatic rings. The van der Waals surface area contributed by atoms with Gasteiger partial charge < -0.3 is 14.8 Å². The van der Waals surface area contributed by atoms with Crippen molar-refractivity contribution in [3.05, 3.63) is 41.5 Å². The number of nitrogens with two attached hydrogens (primary N) is 1. The summed E-state index contributed by atoms with van der Waals surface area (Å²) < 4.78 is 11.6. The molecule has 136 valence electrons. The number of aromatic nitrogens is 1. The molecule has 3 aromatic rings. The lowest BCUT2D eigenvalue weighted by atomic mass is 10.1. The molecule has 3 rings (SSSR count). The number of carbonyl (C=O) groups is 1. The van der Waals surface area contributed by atoms with Crippen molar-refractivity contribution in [1.29, 1.82) is 0 Å². The SMILES string of the molecule is COc1ccc(OCC(=O)Nc2c(C)cc3nc(NN)sc3c2C)cc1. The Morgan fingerprint density at radius 1 is 1.23 bits per heavy atom. The van der Waals surface area contributed by atoms with Crippen molar-refractivity contribution < 1.29 is 14.3 Å². The van der Waals surface area contributed by atoms with Gasteiger partial charge in [-0.1, -0.05) is 11.3 Å². The van der Waals surface area contributed by atoms with E-state index in [4.69, 9.17) is 15.3 Å². The van der Waals surface area contributed by atoms with Crippen LogP contribution in [0.5, 0.6) is 11.5 Å². The van der Waals surface area contributed by atoms with E-state index in [2.05, 4.69) is 15.7 Å². The molecule has 26 heavy (non-hydrogen) atoms. The third-order valence-electron chi connectivity index (χ3n) is 3.93. The minimum atomic E-state index is -0.229. The number of hydrogen-bond acceptors (Lipinski definition) is 7. The number of nitrogen functional groups attached to an aromatic ring is 1. The highest BCUT2D eigenvalue weighted by molar-refractivity contribution is 7.22. The number of benzene rings is 2. The quantitative estimate of drug-likeness (QED) is 0.454. The molecule has 0 spiro atoms. The first kappa shape index (κ1) is 18.0. The van der Waals surface area contributed by atoms with Gasteiger partial charge in [-0.15, -0.1) is 0 Å². The fourth-order valence-electron chi connectivity index (χ4n) is 2.64. The maximum absolute atomic E-state index is 12.3. The van der Waals surface area contributed by atoms with Gasteiger partial charge in [0.25, 0.3) is 5.91 Å². The van der Waals surface area contributed by atoms with Crippen LogP contribution in [0.2, 0.25) is 0 Å². The van der Waals surface area contributed by atoms with Crippen LogP contribution in [0, 0.1) is 13.8 Å². The van der Waals surface area contributed by atoms with Crippen LogP contribution in [-0.4, -0.2) is 24.6 Å². The molecule has 0 saturated heterocycles.